The molecule has 1 aromatic carbocycles. The lowest BCUT2D eigenvalue weighted by atomic mass is 10.1. The Balaban J connectivity index is 1.49. The predicted octanol–water partition coefficient (Wildman–Crippen LogP) is -0.282. The molecule has 0 saturated carbocycles. The summed E-state index contributed by atoms with van der Waals surface area (Å²) in [6, 6.07) is 4.54. The minimum absolute atomic E-state index is 0.0872. The average molecular weight is 489 g/mol. The van der Waals surface area contributed by atoms with Gasteiger partial charge in [-0.15, -0.1) is 0 Å². The molecule has 2 atom stereocenters. The van der Waals surface area contributed by atoms with Crippen molar-refractivity contribution in [3.8, 4) is 0 Å². The van der Waals surface area contributed by atoms with Gasteiger partial charge in [0.1, 0.15) is 6.04 Å². The van der Waals surface area contributed by atoms with Crippen LogP contribution in [0.2, 0.25) is 0 Å². The van der Waals surface area contributed by atoms with Crippen molar-refractivity contribution in [3.05, 3.63) is 34.2 Å². The maximum atomic E-state index is 12.9. The van der Waals surface area contributed by atoms with Gasteiger partial charge < -0.3 is 20.1 Å². The van der Waals surface area contributed by atoms with Crippen molar-refractivity contribution in [3.63, 3.8) is 0 Å². The number of aromatic nitrogens is 2. The Hall–Kier alpha value is -3.22. The van der Waals surface area contributed by atoms with Crippen LogP contribution < -0.4 is 16.3 Å². The lowest BCUT2D eigenvalue weighted by molar-refractivity contribution is -0.135. The van der Waals surface area contributed by atoms with Gasteiger partial charge in [0.15, 0.2) is 0 Å². The summed E-state index contributed by atoms with van der Waals surface area (Å²) in [5.74, 6) is -0.831. The van der Waals surface area contributed by atoms with E-state index in [-0.39, 0.29) is 37.1 Å². The number of morpholine rings is 1. The number of carboxylic acid groups (broad SMARTS) is 1. The molecule has 190 valence electrons. The first kappa shape index (κ1) is 24.9. The first-order valence-electron chi connectivity index (χ1n) is 11.8. The number of amides is 3. The third kappa shape index (κ3) is 5.39. The second-order valence-electron chi connectivity index (χ2n) is 9.06. The molecule has 1 unspecified atom stereocenters. The maximum absolute atomic E-state index is 12.9. The van der Waals surface area contributed by atoms with Crippen LogP contribution in [0, 0.1) is 0 Å². The highest BCUT2D eigenvalue weighted by atomic mass is 16.5. The van der Waals surface area contributed by atoms with E-state index in [2.05, 4.69) is 15.5 Å². The minimum Gasteiger partial charge on any atom is -0.465 e. The van der Waals surface area contributed by atoms with Gasteiger partial charge >= 0.3 is 11.8 Å². The molecule has 3 N–H and O–H groups in total. The molecule has 12 heteroatoms. The second-order valence-corrected chi connectivity index (χ2v) is 9.06. The Morgan fingerprint density at radius 3 is 2.80 bits per heavy atom. The van der Waals surface area contributed by atoms with Crippen molar-refractivity contribution in [1.82, 2.24) is 29.6 Å². The average Bonchev–Trinajstić information content (AvgIpc) is 3.07. The van der Waals surface area contributed by atoms with Crippen molar-refractivity contribution in [2.75, 3.05) is 46.4 Å². The van der Waals surface area contributed by atoms with E-state index in [0.29, 0.717) is 30.7 Å². The quantitative estimate of drug-likeness (QED) is 0.432. The number of rotatable bonds is 8. The molecule has 3 amide bonds. The van der Waals surface area contributed by atoms with Crippen LogP contribution in [-0.2, 0) is 27.9 Å². The largest absolute Gasteiger partial charge is 0.465 e. The fraction of sp³-hybridized carbons (Fsp3) is 0.565. The van der Waals surface area contributed by atoms with Crippen molar-refractivity contribution in [1.29, 1.82) is 0 Å². The molecule has 2 aliphatic heterocycles. The van der Waals surface area contributed by atoms with E-state index in [1.54, 1.807) is 25.2 Å². The first-order valence-corrected chi connectivity index (χ1v) is 11.8. The Kier molecular flexibility index (Phi) is 7.53. The highest BCUT2D eigenvalue weighted by molar-refractivity contribution is 6.00. The van der Waals surface area contributed by atoms with Crippen LogP contribution in [0.5, 0.6) is 0 Å². The molecule has 12 nitrogen and oxygen atoms in total. The molecule has 2 aromatic rings. The number of fused-ring (bicyclic) bond motifs is 1. The Morgan fingerprint density at radius 2 is 2.09 bits per heavy atom. The fourth-order valence-corrected chi connectivity index (χ4v) is 4.80. The molecule has 0 radical (unpaired) electrons. The molecular weight excluding hydrogens is 456 g/mol. The van der Waals surface area contributed by atoms with Gasteiger partial charge in [-0.05, 0) is 31.2 Å². The number of aryl methyl sites for hydroxylation is 1. The summed E-state index contributed by atoms with van der Waals surface area (Å²) in [6.45, 7) is 3.99. The molecule has 0 aliphatic carbocycles. The van der Waals surface area contributed by atoms with E-state index in [1.807, 2.05) is 7.05 Å². The summed E-state index contributed by atoms with van der Waals surface area (Å²) in [4.78, 5) is 52.3. The fourth-order valence-electron chi connectivity index (χ4n) is 4.80. The monoisotopic (exact) mass is 488 g/mol. The number of imidazole rings is 1. The van der Waals surface area contributed by atoms with E-state index in [4.69, 9.17) is 4.74 Å². The number of nitrogens with zero attached hydrogens (tertiary/aromatic N) is 4. The van der Waals surface area contributed by atoms with Crippen LogP contribution in [-0.4, -0.2) is 94.4 Å². The zero-order chi connectivity index (χ0) is 25.1. The summed E-state index contributed by atoms with van der Waals surface area (Å²) in [6.07, 6.45) is -0.497. The van der Waals surface area contributed by atoms with Gasteiger partial charge in [0.2, 0.25) is 11.8 Å². The standard InChI is InChI=1S/C23H32N6O6/c1-24-12-16-14-27(9-10-35-16)7-8-28(23(33)34)13-15-3-4-17-19(11-15)26(2)22(32)29(17)18-5-6-20(30)25-21(18)31/h3-4,11,16,18,24H,5-10,12-14H2,1-2H3,(H,33,34)(H,25,30,31)/t16-,18?/m1/s1. The summed E-state index contributed by atoms with van der Waals surface area (Å²) in [5.41, 5.74) is 1.56. The number of ether oxygens (including phenoxy) is 1. The number of nitrogens with one attached hydrogen (secondary N) is 2. The number of likely N-dealkylation sites (N-methyl/N-ethyl adjacent to an activating group) is 1. The number of piperidine rings is 1. The van der Waals surface area contributed by atoms with E-state index in [1.165, 1.54) is 14.0 Å². The van der Waals surface area contributed by atoms with Gasteiger partial charge in [-0.3, -0.25) is 28.9 Å². The molecule has 0 spiro atoms. The zero-order valence-electron chi connectivity index (χ0n) is 20.0. The van der Waals surface area contributed by atoms with E-state index < -0.39 is 18.0 Å². The molecule has 0 bridgehead atoms. The van der Waals surface area contributed by atoms with Crippen LogP contribution in [0.3, 0.4) is 0 Å². The Labute approximate surface area is 202 Å². The van der Waals surface area contributed by atoms with Crippen molar-refractivity contribution in [2.45, 2.75) is 31.5 Å². The lowest BCUT2D eigenvalue weighted by Gasteiger charge is -2.34. The summed E-state index contributed by atoms with van der Waals surface area (Å²) in [5, 5.41) is 15.2. The molecule has 2 saturated heterocycles. The van der Waals surface area contributed by atoms with Crippen LogP contribution >= 0.6 is 0 Å². The van der Waals surface area contributed by atoms with Crippen LogP contribution in [0.4, 0.5) is 4.79 Å². The summed E-state index contributed by atoms with van der Waals surface area (Å²) < 4.78 is 8.57. The molecule has 3 heterocycles. The third-order valence-corrected chi connectivity index (χ3v) is 6.66. The molecule has 2 fully saturated rings. The van der Waals surface area contributed by atoms with Crippen LogP contribution in [0.25, 0.3) is 11.0 Å². The van der Waals surface area contributed by atoms with E-state index in [0.717, 1.165) is 25.2 Å². The SMILES string of the molecule is CNC[C@@H]1CN(CCN(Cc2ccc3c(c2)n(C)c(=O)n3C2CCC(=O)NC2=O)C(=O)O)CCO1. The molecule has 1 aromatic heterocycles. The van der Waals surface area contributed by atoms with Crippen molar-refractivity contribution < 1.29 is 24.2 Å². The van der Waals surface area contributed by atoms with E-state index in [9.17, 15) is 24.3 Å². The summed E-state index contributed by atoms with van der Waals surface area (Å²) >= 11 is 0. The second kappa shape index (κ2) is 10.6. The number of carbonyl (C=O) groups is 3. The zero-order valence-corrected chi connectivity index (χ0v) is 20.0. The molecular formula is C23H32N6O6. The number of hydrogen-bond acceptors (Lipinski definition) is 7. The van der Waals surface area contributed by atoms with Gasteiger partial charge in [0, 0.05) is 52.7 Å². The third-order valence-electron chi connectivity index (χ3n) is 6.66. The number of hydrogen-bond donors (Lipinski definition) is 3. The van der Waals surface area contributed by atoms with Crippen molar-refractivity contribution in [2.24, 2.45) is 7.05 Å². The van der Waals surface area contributed by atoms with Gasteiger partial charge in [-0.25, -0.2) is 9.59 Å². The molecule has 4 rings (SSSR count). The highest BCUT2D eigenvalue weighted by Crippen LogP contribution is 2.24. The van der Waals surface area contributed by atoms with Gasteiger partial charge in [-0.2, -0.15) is 0 Å². The number of imide groups is 1. The predicted molar refractivity (Wildman–Crippen MR) is 127 cm³/mol. The normalized spacial score (nSPS) is 21.3. The summed E-state index contributed by atoms with van der Waals surface area (Å²) in [7, 11) is 3.49. The Morgan fingerprint density at radius 1 is 1.29 bits per heavy atom. The highest BCUT2D eigenvalue weighted by Gasteiger charge is 2.31. The molecule has 35 heavy (non-hydrogen) atoms. The van der Waals surface area contributed by atoms with Crippen LogP contribution in [0.15, 0.2) is 23.0 Å². The van der Waals surface area contributed by atoms with Gasteiger partial charge in [-0.1, -0.05) is 6.07 Å². The van der Waals surface area contributed by atoms with Gasteiger partial charge in [0.05, 0.1) is 23.7 Å². The van der Waals surface area contributed by atoms with Crippen molar-refractivity contribution >= 4 is 28.9 Å². The lowest BCUT2D eigenvalue weighted by Crippen LogP contribution is -2.48. The molecule has 2 aliphatic rings. The Bertz CT molecular complexity index is 1170. The maximum Gasteiger partial charge on any atom is 0.407 e. The topological polar surface area (TPSA) is 138 Å². The van der Waals surface area contributed by atoms with E-state index >= 15 is 0 Å². The van der Waals surface area contributed by atoms with Crippen LogP contribution in [0.1, 0.15) is 24.4 Å². The first-order chi connectivity index (χ1) is 16.8. The number of benzene rings is 1. The van der Waals surface area contributed by atoms with Gasteiger partial charge in [0.25, 0.3) is 0 Å². The minimum atomic E-state index is -1.01. The number of carbonyl (C=O) groups excluding carboxylic acids is 2. The smallest absolute Gasteiger partial charge is 0.407 e.